The minimum atomic E-state index is 0.0935. The predicted molar refractivity (Wildman–Crippen MR) is 173 cm³/mol. The van der Waals surface area contributed by atoms with Crippen LogP contribution in [0.3, 0.4) is 0 Å². The quantitative estimate of drug-likeness (QED) is 0.250. The molecule has 2 aromatic carbocycles. The van der Waals surface area contributed by atoms with Crippen LogP contribution in [0.5, 0.6) is 17.2 Å². The van der Waals surface area contributed by atoms with Crippen LogP contribution >= 0.6 is 23.2 Å². The summed E-state index contributed by atoms with van der Waals surface area (Å²) in [6.07, 6.45) is 8.59. The number of methoxy groups -OCH3 is 2. The normalized spacial score (nSPS) is 17.9. The lowest BCUT2D eigenvalue weighted by Crippen LogP contribution is -2.38. The molecule has 3 heterocycles. The van der Waals surface area contributed by atoms with Gasteiger partial charge in [-0.05, 0) is 103 Å². The van der Waals surface area contributed by atoms with Gasteiger partial charge >= 0.3 is 0 Å². The fraction of sp³-hybridized carbons (Fsp3) is 0.515. The number of rotatable bonds is 10. The summed E-state index contributed by atoms with van der Waals surface area (Å²) in [7, 11) is 7.59. The summed E-state index contributed by atoms with van der Waals surface area (Å²) in [4.78, 5) is 9.45. The number of ether oxygens (including phenoxy) is 3. The first-order valence-corrected chi connectivity index (χ1v) is 15.8. The number of anilines is 2. The third kappa shape index (κ3) is 7.41. The largest absolute Gasteiger partial charge is 0.495 e. The fourth-order valence-electron chi connectivity index (χ4n) is 6.29. The van der Waals surface area contributed by atoms with Crippen molar-refractivity contribution in [2.45, 2.75) is 44.6 Å². The van der Waals surface area contributed by atoms with E-state index in [2.05, 4.69) is 40.3 Å². The minimum Gasteiger partial charge on any atom is -0.495 e. The summed E-state index contributed by atoms with van der Waals surface area (Å²) < 4.78 is 18.1. The molecular weight excluding hydrogens is 585 g/mol. The second kappa shape index (κ2) is 14.2. The van der Waals surface area contributed by atoms with Crippen LogP contribution in [-0.2, 0) is 0 Å². The molecule has 10 heteroatoms. The molecule has 2 aliphatic rings. The van der Waals surface area contributed by atoms with Gasteiger partial charge in [-0.3, -0.25) is 4.98 Å². The third-order valence-corrected chi connectivity index (χ3v) is 9.65. The molecule has 1 aromatic heterocycles. The fourth-order valence-corrected chi connectivity index (χ4v) is 6.80. The molecule has 230 valence electrons. The highest BCUT2D eigenvalue weighted by Gasteiger charge is 2.29. The molecule has 8 nitrogen and oxygen atoms in total. The summed E-state index contributed by atoms with van der Waals surface area (Å²) in [6.45, 7) is 4.51. The maximum absolute atomic E-state index is 9.94. The summed E-state index contributed by atoms with van der Waals surface area (Å²) >= 11 is 12.8. The summed E-state index contributed by atoms with van der Waals surface area (Å²) in [5, 5.41) is 14.8. The molecule has 0 radical (unpaired) electrons. The number of hydrogen-bond donors (Lipinski definition) is 1. The van der Waals surface area contributed by atoms with Crippen molar-refractivity contribution >= 4 is 45.5 Å². The van der Waals surface area contributed by atoms with Gasteiger partial charge in [0.1, 0.15) is 17.9 Å². The van der Waals surface area contributed by atoms with Gasteiger partial charge in [0.25, 0.3) is 0 Å². The van der Waals surface area contributed by atoms with Crippen LogP contribution in [0, 0.1) is 23.2 Å². The van der Waals surface area contributed by atoms with Gasteiger partial charge in [0.2, 0.25) is 0 Å². The number of nitriles is 1. The van der Waals surface area contributed by atoms with E-state index in [1.54, 1.807) is 32.5 Å². The molecule has 5 rings (SSSR count). The first-order valence-electron chi connectivity index (χ1n) is 15.0. The van der Waals surface area contributed by atoms with Crippen LogP contribution in [0.2, 0.25) is 10.0 Å². The molecule has 0 aliphatic carbocycles. The second-order valence-electron chi connectivity index (χ2n) is 11.9. The van der Waals surface area contributed by atoms with Gasteiger partial charge in [0.15, 0.2) is 11.5 Å². The van der Waals surface area contributed by atoms with Crippen LogP contribution in [0.25, 0.3) is 10.9 Å². The number of aromatic nitrogens is 1. The monoisotopic (exact) mass is 625 g/mol. The van der Waals surface area contributed by atoms with Crippen LogP contribution in [0.15, 0.2) is 30.5 Å². The highest BCUT2D eigenvalue weighted by atomic mass is 35.5. The Hall–Kier alpha value is -2.96. The molecule has 2 aliphatic heterocycles. The van der Waals surface area contributed by atoms with Crippen molar-refractivity contribution in [2.24, 2.45) is 11.8 Å². The molecule has 3 aromatic rings. The average Bonchev–Trinajstić information content (AvgIpc) is 3.01. The minimum absolute atomic E-state index is 0.0935. The Bertz CT molecular complexity index is 1460. The Kier molecular flexibility index (Phi) is 10.4. The standard InChI is InChI=1S/C33H41Cl2N5O3/c1-39-11-7-21(8-12-39)5-6-29(22-9-13-40(2)14-10-22)43-32-17-27-24(15-31(32)42-4)33(23(19-36)20-37-27)38-28-18-30(41-3)26(35)16-25(28)34/h15-18,20-22,29H,5-14H2,1-4H3,(H,37,38). The SMILES string of the molecule is COc1cc(Nc2c(C#N)cnc3cc(OC(CCC4CCN(C)CC4)C4CCN(C)CC4)c(OC)cc23)c(Cl)cc1Cl. The molecule has 43 heavy (non-hydrogen) atoms. The van der Waals surface area contributed by atoms with E-state index in [9.17, 15) is 5.26 Å². The highest BCUT2D eigenvalue weighted by molar-refractivity contribution is 6.37. The molecule has 1 N–H and O–H groups in total. The van der Waals surface area contributed by atoms with Crippen molar-refractivity contribution in [2.75, 3.05) is 59.8 Å². The van der Waals surface area contributed by atoms with E-state index in [-0.39, 0.29) is 6.10 Å². The zero-order chi connectivity index (χ0) is 30.5. The van der Waals surface area contributed by atoms with Gasteiger partial charge in [-0.1, -0.05) is 23.2 Å². The molecule has 2 saturated heterocycles. The zero-order valence-corrected chi connectivity index (χ0v) is 27.0. The van der Waals surface area contributed by atoms with Crippen LogP contribution in [0.4, 0.5) is 11.4 Å². The second-order valence-corrected chi connectivity index (χ2v) is 12.7. The molecule has 0 bridgehead atoms. The number of fused-ring (bicyclic) bond motifs is 1. The number of likely N-dealkylation sites (tertiary alicyclic amines) is 2. The molecule has 0 amide bonds. The molecule has 2 fully saturated rings. The van der Waals surface area contributed by atoms with E-state index < -0.39 is 0 Å². The summed E-state index contributed by atoms with van der Waals surface area (Å²) in [5.41, 5.74) is 2.18. The average molecular weight is 627 g/mol. The maximum atomic E-state index is 9.94. The van der Waals surface area contributed by atoms with Gasteiger partial charge in [0, 0.05) is 23.7 Å². The molecular formula is C33H41Cl2N5O3. The van der Waals surface area contributed by atoms with E-state index in [1.165, 1.54) is 32.4 Å². The Morgan fingerprint density at radius 1 is 0.930 bits per heavy atom. The van der Waals surface area contributed by atoms with E-state index in [1.807, 2.05) is 12.1 Å². The topological polar surface area (TPSA) is 82.9 Å². The Balaban J connectivity index is 1.46. The van der Waals surface area contributed by atoms with Crippen molar-refractivity contribution in [3.05, 3.63) is 46.1 Å². The molecule has 1 unspecified atom stereocenters. The lowest BCUT2D eigenvalue weighted by Gasteiger charge is -2.36. The van der Waals surface area contributed by atoms with Gasteiger partial charge in [-0.2, -0.15) is 5.26 Å². The van der Waals surface area contributed by atoms with Crippen molar-refractivity contribution in [3.8, 4) is 23.3 Å². The number of nitrogens with one attached hydrogen (secondary N) is 1. The number of pyridine rings is 1. The van der Waals surface area contributed by atoms with Gasteiger partial charge in [-0.15, -0.1) is 0 Å². The summed E-state index contributed by atoms with van der Waals surface area (Å²) in [6, 6.07) is 9.39. The molecule has 0 spiro atoms. The number of benzene rings is 2. The molecule has 0 saturated carbocycles. The molecule has 1 atom stereocenters. The number of piperidine rings is 2. The van der Waals surface area contributed by atoms with E-state index in [0.717, 1.165) is 43.7 Å². The Morgan fingerprint density at radius 3 is 2.26 bits per heavy atom. The van der Waals surface area contributed by atoms with Crippen molar-refractivity contribution < 1.29 is 14.2 Å². The van der Waals surface area contributed by atoms with Gasteiger partial charge in [0.05, 0.1) is 46.7 Å². The van der Waals surface area contributed by atoms with Crippen LogP contribution in [-0.4, -0.2) is 75.4 Å². The number of nitrogens with zero attached hydrogens (tertiary/aromatic N) is 4. The van der Waals surface area contributed by atoms with Gasteiger partial charge in [-0.25, -0.2) is 0 Å². The Labute approximate surface area is 264 Å². The zero-order valence-electron chi connectivity index (χ0n) is 25.5. The predicted octanol–water partition coefficient (Wildman–Crippen LogP) is 7.39. The maximum Gasteiger partial charge on any atom is 0.163 e. The van der Waals surface area contributed by atoms with E-state index in [0.29, 0.717) is 55.7 Å². The Morgan fingerprint density at radius 2 is 1.60 bits per heavy atom. The van der Waals surface area contributed by atoms with Gasteiger partial charge < -0.3 is 29.3 Å². The first-order chi connectivity index (χ1) is 20.8. The highest BCUT2D eigenvalue weighted by Crippen LogP contribution is 2.41. The van der Waals surface area contributed by atoms with Crippen molar-refractivity contribution in [1.82, 2.24) is 14.8 Å². The lowest BCUT2D eigenvalue weighted by molar-refractivity contribution is 0.0681. The van der Waals surface area contributed by atoms with E-state index >= 15 is 0 Å². The van der Waals surface area contributed by atoms with Crippen molar-refractivity contribution in [3.63, 3.8) is 0 Å². The smallest absolute Gasteiger partial charge is 0.163 e. The number of halogens is 2. The first kappa shape index (κ1) is 31.5. The van der Waals surface area contributed by atoms with Crippen LogP contribution < -0.4 is 19.5 Å². The van der Waals surface area contributed by atoms with Crippen LogP contribution in [0.1, 0.15) is 44.1 Å². The third-order valence-electron chi connectivity index (χ3n) is 9.04. The number of hydrogen-bond acceptors (Lipinski definition) is 8. The summed E-state index contributed by atoms with van der Waals surface area (Å²) in [5.74, 6) is 2.97. The lowest BCUT2D eigenvalue weighted by atomic mass is 9.85. The van der Waals surface area contributed by atoms with E-state index in [4.69, 9.17) is 37.4 Å². The van der Waals surface area contributed by atoms with Crippen molar-refractivity contribution in [1.29, 1.82) is 5.26 Å².